The molecule has 0 aliphatic heterocycles. The summed E-state index contributed by atoms with van der Waals surface area (Å²) in [5.74, 6) is -2.51. The Hall–Kier alpha value is -2.38. The number of rotatable bonds is 6. The first-order valence-electron chi connectivity index (χ1n) is 5.30. The molecule has 1 aromatic rings. The number of carbonyl (C=O) groups is 2. The van der Waals surface area contributed by atoms with Crippen LogP contribution in [0.2, 0.25) is 0 Å². The van der Waals surface area contributed by atoms with Crippen molar-refractivity contribution >= 4 is 17.7 Å². The van der Waals surface area contributed by atoms with Crippen LogP contribution >= 0.6 is 0 Å². The molecule has 0 spiro atoms. The summed E-state index contributed by atoms with van der Waals surface area (Å²) in [5.41, 5.74) is 0.0296. The van der Waals surface area contributed by atoms with Gasteiger partial charge in [-0.3, -0.25) is 9.59 Å². The SMILES string of the molecule is CCC(CNC(=O)c1ccc([N+](=O)[O-])[nH]1)C(=O)O. The van der Waals surface area contributed by atoms with Crippen molar-refractivity contribution in [1.29, 1.82) is 0 Å². The number of carboxylic acid groups (broad SMARTS) is 1. The van der Waals surface area contributed by atoms with E-state index in [9.17, 15) is 19.7 Å². The predicted octanol–water partition coefficient (Wildman–Crippen LogP) is 0.764. The minimum Gasteiger partial charge on any atom is -0.481 e. The van der Waals surface area contributed by atoms with E-state index in [1.807, 2.05) is 0 Å². The fourth-order valence-corrected chi connectivity index (χ4v) is 1.34. The number of hydrogen-bond donors (Lipinski definition) is 3. The highest BCUT2D eigenvalue weighted by atomic mass is 16.6. The highest BCUT2D eigenvalue weighted by Crippen LogP contribution is 2.10. The van der Waals surface area contributed by atoms with Gasteiger partial charge in [-0.2, -0.15) is 0 Å². The molecule has 1 heterocycles. The number of amides is 1. The third-order valence-corrected chi connectivity index (χ3v) is 2.46. The molecule has 0 aromatic carbocycles. The van der Waals surface area contributed by atoms with E-state index < -0.39 is 22.7 Å². The van der Waals surface area contributed by atoms with Crippen molar-refractivity contribution in [2.45, 2.75) is 13.3 Å². The number of aromatic nitrogens is 1. The fourth-order valence-electron chi connectivity index (χ4n) is 1.34. The first kappa shape index (κ1) is 13.7. The minimum atomic E-state index is -0.990. The van der Waals surface area contributed by atoms with E-state index >= 15 is 0 Å². The Labute approximate surface area is 102 Å². The Morgan fingerprint density at radius 1 is 1.56 bits per heavy atom. The number of nitrogens with one attached hydrogen (secondary N) is 2. The smallest absolute Gasteiger partial charge is 0.321 e. The highest BCUT2D eigenvalue weighted by Gasteiger charge is 2.19. The average molecular weight is 255 g/mol. The Bertz CT molecular complexity index is 468. The highest BCUT2D eigenvalue weighted by molar-refractivity contribution is 5.93. The van der Waals surface area contributed by atoms with Gasteiger partial charge in [-0.25, -0.2) is 4.98 Å². The monoisotopic (exact) mass is 255 g/mol. The van der Waals surface area contributed by atoms with E-state index in [1.54, 1.807) is 6.92 Å². The number of nitro groups is 1. The van der Waals surface area contributed by atoms with Crippen molar-refractivity contribution in [3.8, 4) is 0 Å². The maximum Gasteiger partial charge on any atom is 0.321 e. The summed E-state index contributed by atoms with van der Waals surface area (Å²) in [6.45, 7) is 1.68. The Morgan fingerprint density at radius 2 is 2.22 bits per heavy atom. The summed E-state index contributed by atoms with van der Waals surface area (Å²) in [4.78, 5) is 34.4. The fraction of sp³-hybridized carbons (Fsp3) is 0.400. The van der Waals surface area contributed by atoms with Crippen LogP contribution in [0.1, 0.15) is 23.8 Å². The summed E-state index contributed by atoms with van der Waals surface area (Å²) < 4.78 is 0. The van der Waals surface area contributed by atoms with E-state index in [4.69, 9.17) is 5.11 Å². The van der Waals surface area contributed by atoms with Crippen LogP contribution in [-0.2, 0) is 4.79 Å². The van der Waals surface area contributed by atoms with E-state index in [1.165, 1.54) is 12.1 Å². The summed E-state index contributed by atoms with van der Waals surface area (Å²) in [6, 6.07) is 2.44. The van der Waals surface area contributed by atoms with Crippen molar-refractivity contribution in [2.75, 3.05) is 6.54 Å². The zero-order valence-corrected chi connectivity index (χ0v) is 9.67. The van der Waals surface area contributed by atoms with Crippen LogP contribution in [0.5, 0.6) is 0 Å². The van der Waals surface area contributed by atoms with E-state index in [2.05, 4.69) is 10.3 Å². The molecule has 1 unspecified atom stereocenters. The van der Waals surface area contributed by atoms with Crippen LogP contribution < -0.4 is 5.32 Å². The van der Waals surface area contributed by atoms with Gasteiger partial charge in [0.05, 0.1) is 5.92 Å². The molecule has 3 N–H and O–H groups in total. The van der Waals surface area contributed by atoms with Gasteiger partial charge >= 0.3 is 11.8 Å². The van der Waals surface area contributed by atoms with Crippen LogP contribution in [0, 0.1) is 16.0 Å². The van der Waals surface area contributed by atoms with Crippen LogP contribution in [0.15, 0.2) is 12.1 Å². The van der Waals surface area contributed by atoms with Crippen molar-refractivity contribution in [3.05, 3.63) is 27.9 Å². The molecular formula is C10H13N3O5. The van der Waals surface area contributed by atoms with E-state index in [-0.39, 0.29) is 18.1 Å². The topological polar surface area (TPSA) is 125 Å². The number of carboxylic acids is 1. The normalized spacial score (nSPS) is 11.8. The number of nitrogens with zero attached hydrogens (tertiary/aromatic N) is 1. The lowest BCUT2D eigenvalue weighted by molar-refractivity contribution is -0.389. The Balaban J connectivity index is 2.59. The summed E-state index contributed by atoms with van der Waals surface area (Å²) in [6.07, 6.45) is 0.389. The summed E-state index contributed by atoms with van der Waals surface area (Å²) in [7, 11) is 0. The molecule has 0 saturated heterocycles. The molecule has 0 aliphatic rings. The average Bonchev–Trinajstić information content (AvgIpc) is 2.78. The number of aromatic amines is 1. The Morgan fingerprint density at radius 3 is 2.67 bits per heavy atom. The van der Waals surface area contributed by atoms with E-state index in [0.717, 1.165) is 0 Å². The molecule has 1 rings (SSSR count). The molecular weight excluding hydrogens is 242 g/mol. The largest absolute Gasteiger partial charge is 0.481 e. The van der Waals surface area contributed by atoms with Crippen molar-refractivity contribution < 1.29 is 19.6 Å². The molecule has 1 amide bonds. The molecule has 8 nitrogen and oxygen atoms in total. The zero-order chi connectivity index (χ0) is 13.7. The van der Waals surface area contributed by atoms with Crippen LogP contribution in [0.3, 0.4) is 0 Å². The first-order chi connectivity index (χ1) is 8.45. The zero-order valence-electron chi connectivity index (χ0n) is 9.67. The standard InChI is InChI=1S/C10H13N3O5/c1-2-6(10(15)16)5-11-9(14)7-3-4-8(12-7)13(17)18/h3-4,6,12H,2,5H2,1H3,(H,11,14)(H,15,16). The second kappa shape index (κ2) is 5.80. The maximum absolute atomic E-state index is 11.6. The molecule has 0 bridgehead atoms. The number of carbonyl (C=O) groups excluding carboxylic acids is 1. The van der Waals surface area contributed by atoms with Gasteiger partial charge in [-0.1, -0.05) is 6.92 Å². The molecule has 0 radical (unpaired) electrons. The molecule has 8 heteroatoms. The van der Waals surface area contributed by atoms with Crippen LogP contribution in [0.4, 0.5) is 5.82 Å². The minimum absolute atomic E-state index is 0.0164. The van der Waals surface area contributed by atoms with Gasteiger partial charge in [0.15, 0.2) is 5.69 Å². The maximum atomic E-state index is 11.6. The van der Waals surface area contributed by atoms with Gasteiger partial charge in [0.25, 0.3) is 5.91 Å². The van der Waals surface area contributed by atoms with Gasteiger partial charge in [0.1, 0.15) is 0 Å². The molecule has 1 aromatic heterocycles. The quantitative estimate of drug-likeness (QED) is 0.511. The number of aliphatic carboxylic acids is 1. The predicted molar refractivity (Wildman–Crippen MR) is 61.2 cm³/mol. The summed E-state index contributed by atoms with van der Waals surface area (Å²) >= 11 is 0. The van der Waals surface area contributed by atoms with Crippen LogP contribution in [-0.4, -0.2) is 33.4 Å². The lowest BCUT2D eigenvalue weighted by atomic mass is 10.1. The molecule has 18 heavy (non-hydrogen) atoms. The van der Waals surface area contributed by atoms with Crippen molar-refractivity contribution in [1.82, 2.24) is 10.3 Å². The first-order valence-corrected chi connectivity index (χ1v) is 5.30. The molecule has 0 fully saturated rings. The van der Waals surface area contributed by atoms with Crippen LogP contribution in [0.25, 0.3) is 0 Å². The number of hydrogen-bond acceptors (Lipinski definition) is 4. The Kier molecular flexibility index (Phi) is 4.41. The third-order valence-electron chi connectivity index (χ3n) is 2.46. The lowest BCUT2D eigenvalue weighted by Crippen LogP contribution is -2.32. The molecule has 0 saturated carbocycles. The van der Waals surface area contributed by atoms with Gasteiger partial charge in [-0.05, 0) is 17.4 Å². The van der Waals surface area contributed by atoms with Crippen molar-refractivity contribution in [3.63, 3.8) is 0 Å². The second-order valence-electron chi connectivity index (χ2n) is 3.67. The van der Waals surface area contributed by atoms with Crippen molar-refractivity contribution in [2.24, 2.45) is 5.92 Å². The second-order valence-corrected chi connectivity index (χ2v) is 3.67. The lowest BCUT2D eigenvalue weighted by Gasteiger charge is -2.09. The molecule has 1 atom stereocenters. The van der Waals surface area contributed by atoms with Gasteiger partial charge in [-0.15, -0.1) is 0 Å². The molecule has 98 valence electrons. The number of H-pyrrole nitrogens is 1. The molecule has 0 aliphatic carbocycles. The summed E-state index contributed by atoms with van der Waals surface area (Å²) in [5, 5.41) is 21.6. The van der Waals surface area contributed by atoms with Gasteiger partial charge in [0, 0.05) is 12.6 Å². The van der Waals surface area contributed by atoms with Gasteiger partial charge in [0.2, 0.25) is 0 Å². The third kappa shape index (κ3) is 3.30. The van der Waals surface area contributed by atoms with E-state index in [0.29, 0.717) is 6.42 Å². The van der Waals surface area contributed by atoms with Gasteiger partial charge < -0.3 is 20.5 Å².